The molecule has 0 atom stereocenters. The van der Waals surface area contributed by atoms with Crippen LogP contribution in [-0.2, 0) is 0 Å². The second kappa shape index (κ2) is 3.59. The summed E-state index contributed by atoms with van der Waals surface area (Å²) in [6, 6.07) is 8.52. The van der Waals surface area contributed by atoms with Crippen LogP contribution in [0.15, 0.2) is 24.3 Å². The van der Waals surface area contributed by atoms with Gasteiger partial charge in [-0.1, -0.05) is 18.2 Å². The summed E-state index contributed by atoms with van der Waals surface area (Å²) in [6.07, 6.45) is 2.26. The molecule has 3 rings (SSSR count). The van der Waals surface area contributed by atoms with E-state index in [-0.39, 0.29) is 5.91 Å². The van der Waals surface area contributed by atoms with Crippen LogP contribution in [0.5, 0.6) is 0 Å². The molecule has 1 saturated carbocycles. The lowest BCUT2D eigenvalue weighted by molar-refractivity contribution is 0.0952. The van der Waals surface area contributed by atoms with Crippen molar-refractivity contribution in [3.63, 3.8) is 0 Å². The Kier molecular flexibility index (Phi) is 2.21. The number of carbonyl (C=O) groups is 1. The fourth-order valence-corrected chi connectivity index (χ4v) is 3.00. The van der Waals surface area contributed by atoms with Gasteiger partial charge in [-0.2, -0.15) is 0 Å². The number of rotatable bonds is 2. The van der Waals surface area contributed by atoms with Gasteiger partial charge >= 0.3 is 0 Å². The van der Waals surface area contributed by atoms with E-state index in [0.717, 1.165) is 28.7 Å². The second-order valence-electron chi connectivity index (χ2n) is 4.28. The molecule has 0 aliphatic heterocycles. The number of aryl methyl sites for hydroxylation is 1. The molecule has 82 valence electrons. The van der Waals surface area contributed by atoms with Crippen molar-refractivity contribution in [2.24, 2.45) is 0 Å². The third-order valence-electron chi connectivity index (χ3n) is 2.91. The number of hydrogen-bond acceptors (Lipinski definition) is 2. The molecule has 0 bridgehead atoms. The highest BCUT2D eigenvalue weighted by Crippen LogP contribution is 2.31. The molecule has 1 fully saturated rings. The topological polar surface area (TPSA) is 29.1 Å². The van der Waals surface area contributed by atoms with Gasteiger partial charge in [0.2, 0.25) is 0 Å². The minimum atomic E-state index is 0.0949. The van der Waals surface area contributed by atoms with Crippen LogP contribution >= 0.6 is 11.3 Å². The maximum atomic E-state index is 12.1. The molecule has 1 aliphatic rings. The summed E-state index contributed by atoms with van der Waals surface area (Å²) in [5.74, 6) is 0.0949. The van der Waals surface area contributed by atoms with E-state index in [4.69, 9.17) is 0 Å². The Morgan fingerprint density at radius 2 is 2.12 bits per heavy atom. The number of benzene rings is 1. The highest BCUT2D eigenvalue weighted by Gasteiger charge is 2.25. The van der Waals surface area contributed by atoms with Gasteiger partial charge in [-0.15, -0.1) is 11.3 Å². The number of thiophene rings is 1. The molecule has 3 heteroatoms. The predicted octanol–water partition coefficient (Wildman–Crippen LogP) is 3.10. The molecular formula is C13H13NOS. The highest BCUT2D eigenvalue weighted by molar-refractivity contribution is 7.19. The molecule has 1 aliphatic carbocycles. The molecule has 0 radical (unpaired) electrons. The number of carbonyl (C=O) groups excluding carboxylic acids is 1. The quantitative estimate of drug-likeness (QED) is 0.845. The molecule has 1 aromatic carbocycles. The summed E-state index contributed by atoms with van der Waals surface area (Å²) in [7, 11) is 0. The second-order valence-corrected chi connectivity index (χ2v) is 5.53. The minimum absolute atomic E-state index is 0.0949. The van der Waals surface area contributed by atoms with Crippen LogP contribution in [0.25, 0.3) is 10.1 Å². The van der Waals surface area contributed by atoms with E-state index in [1.54, 1.807) is 11.3 Å². The van der Waals surface area contributed by atoms with E-state index < -0.39 is 0 Å². The Bertz CT molecular complexity index is 554. The van der Waals surface area contributed by atoms with E-state index in [2.05, 4.69) is 11.4 Å². The molecule has 2 aromatic rings. The standard InChI is InChI=1S/C13H13NOS/c1-8-12(13(15)14-9-6-7-9)10-4-2-3-5-11(10)16-8/h2-5,9H,6-7H2,1H3,(H,14,15). The van der Waals surface area contributed by atoms with Crippen molar-refractivity contribution in [2.45, 2.75) is 25.8 Å². The van der Waals surface area contributed by atoms with Crippen molar-refractivity contribution >= 4 is 27.3 Å². The van der Waals surface area contributed by atoms with Crippen molar-refractivity contribution in [3.8, 4) is 0 Å². The van der Waals surface area contributed by atoms with Crippen molar-refractivity contribution < 1.29 is 4.79 Å². The van der Waals surface area contributed by atoms with Crippen LogP contribution in [0, 0.1) is 6.92 Å². The number of nitrogens with one attached hydrogen (secondary N) is 1. The number of hydrogen-bond donors (Lipinski definition) is 1. The van der Waals surface area contributed by atoms with Crippen molar-refractivity contribution in [2.75, 3.05) is 0 Å². The SMILES string of the molecule is Cc1sc2ccccc2c1C(=O)NC1CC1. The van der Waals surface area contributed by atoms with Crippen LogP contribution in [0.3, 0.4) is 0 Å². The summed E-state index contributed by atoms with van der Waals surface area (Å²) in [6.45, 7) is 2.02. The molecule has 0 unspecified atom stereocenters. The fourth-order valence-electron chi connectivity index (χ4n) is 1.94. The summed E-state index contributed by atoms with van der Waals surface area (Å²) < 4.78 is 1.20. The average Bonchev–Trinajstić information content (AvgIpc) is 2.98. The largest absolute Gasteiger partial charge is 0.349 e. The summed E-state index contributed by atoms with van der Waals surface area (Å²) in [5, 5.41) is 4.14. The zero-order valence-electron chi connectivity index (χ0n) is 9.12. The van der Waals surface area contributed by atoms with Crippen LogP contribution in [0.4, 0.5) is 0 Å². The molecule has 0 spiro atoms. The lowest BCUT2D eigenvalue weighted by atomic mass is 10.1. The Morgan fingerprint density at radius 3 is 2.88 bits per heavy atom. The van der Waals surface area contributed by atoms with Crippen molar-refractivity contribution in [1.82, 2.24) is 5.32 Å². The Labute approximate surface area is 98.3 Å². The van der Waals surface area contributed by atoms with Gasteiger partial charge in [0.25, 0.3) is 5.91 Å². The smallest absolute Gasteiger partial charge is 0.253 e. The molecular weight excluding hydrogens is 218 g/mol. The van der Waals surface area contributed by atoms with E-state index in [0.29, 0.717) is 6.04 Å². The maximum Gasteiger partial charge on any atom is 0.253 e. The maximum absolute atomic E-state index is 12.1. The number of amides is 1. The zero-order valence-corrected chi connectivity index (χ0v) is 9.93. The first-order valence-corrected chi connectivity index (χ1v) is 6.36. The van der Waals surface area contributed by atoms with Gasteiger partial charge in [0.05, 0.1) is 5.56 Å². The Balaban J connectivity index is 2.06. The van der Waals surface area contributed by atoms with Gasteiger partial charge in [0.15, 0.2) is 0 Å². The first-order chi connectivity index (χ1) is 7.75. The molecule has 1 amide bonds. The molecule has 0 saturated heterocycles. The first kappa shape index (κ1) is 9.85. The molecule has 1 aromatic heterocycles. The minimum Gasteiger partial charge on any atom is -0.349 e. The molecule has 1 heterocycles. The van der Waals surface area contributed by atoms with E-state index in [9.17, 15) is 4.79 Å². The van der Waals surface area contributed by atoms with Gasteiger partial charge < -0.3 is 5.32 Å². The average molecular weight is 231 g/mol. The lowest BCUT2D eigenvalue weighted by Gasteiger charge is -2.02. The fraction of sp³-hybridized carbons (Fsp3) is 0.308. The van der Waals surface area contributed by atoms with Gasteiger partial charge in [0.1, 0.15) is 0 Å². The van der Waals surface area contributed by atoms with E-state index >= 15 is 0 Å². The van der Waals surface area contributed by atoms with E-state index in [1.807, 2.05) is 25.1 Å². The lowest BCUT2D eigenvalue weighted by Crippen LogP contribution is -2.25. The predicted molar refractivity (Wildman–Crippen MR) is 67.1 cm³/mol. The molecule has 1 N–H and O–H groups in total. The van der Waals surface area contributed by atoms with Crippen LogP contribution in [-0.4, -0.2) is 11.9 Å². The zero-order chi connectivity index (χ0) is 11.1. The molecule has 16 heavy (non-hydrogen) atoms. The van der Waals surface area contributed by atoms with E-state index in [1.165, 1.54) is 4.70 Å². The monoisotopic (exact) mass is 231 g/mol. The first-order valence-electron chi connectivity index (χ1n) is 5.54. The normalized spacial score (nSPS) is 15.3. The summed E-state index contributed by atoms with van der Waals surface area (Å²) >= 11 is 1.69. The van der Waals surface area contributed by atoms with Gasteiger partial charge in [-0.05, 0) is 25.8 Å². The highest BCUT2D eigenvalue weighted by atomic mass is 32.1. The van der Waals surface area contributed by atoms with Crippen molar-refractivity contribution in [1.29, 1.82) is 0 Å². The molecule has 2 nitrogen and oxygen atoms in total. The Hall–Kier alpha value is -1.35. The summed E-state index contributed by atoms with van der Waals surface area (Å²) in [4.78, 5) is 13.2. The Morgan fingerprint density at radius 1 is 1.38 bits per heavy atom. The third kappa shape index (κ3) is 1.61. The van der Waals surface area contributed by atoms with Crippen molar-refractivity contribution in [3.05, 3.63) is 34.7 Å². The number of fused-ring (bicyclic) bond motifs is 1. The summed E-state index contributed by atoms with van der Waals surface area (Å²) in [5.41, 5.74) is 0.868. The third-order valence-corrected chi connectivity index (χ3v) is 4.00. The van der Waals surface area contributed by atoms with Crippen LogP contribution < -0.4 is 5.32 Å². The van der Waals surface area contributed by atoms with Crippen LogP contribution in [0.2, 0.25) is 0 Å². The van der Waals surface area contributed by atoms with Gasteiger partial charge in [-0.25, -0.2) is 0 Å². The van der Waals surface area contributed by atoms with Gasteiger partial charge in [0, 0.05) is 21.0 Å². The van der Waals surface area contributed by atoms with Gasteiger partial charge in [-0.3, -0.25) is 4.79 Å². The van der Waals surface area contributed by atoms with Crippen LogP contribution in [0.1, 0.15) is 28.1 Å².